The lowest BCUT2D eigenvalue weighted by molar-refractivity contribution is -0.120. The van der Waals surface area contributed by atoms with Crippen molar-refractivity contribution in [3.63, 3.8) is 0 Å². The normalized spacial score (nSPS) is 18.4. The topological polar surface area (TPSA) is 74.8 Å². The van der Waals surface area contributed by atoms with Crippen molar-refractivity contribution in [3.05, 3.63) is 0 Å². The van der Waals surface area contributed by atoms with Crippen molar-refractivity contribution in [1.82, 2.24) is 16.0 Å². The van der Waals surface area contributed by atoms with Gasteiger partial charge in [-0.05, 0) is 44.9 Å². The third-order valence-corrected chi connectivity index (χ3v) is 4.50. The maximum Gasteiger partial charge on any atom is 0.242 e. The Morgan fingerprint density at radius 1 is 1.12 bits per heavy atom. The van der Waals surface area contributed by atoms with Crippen LogP contribution in [0.1, 0.15) is 58.3 Å². The molecule has 2 fully saturated rings. The molecule has 0 aromatic carbocycles. The van der Waals surface area contributed by atoms with Gasteiger partial charge in [0.05, 0.1) is 0 Å². The molecule has 1 amide bonds. The van der Waals surface area contributed by atoms with Gasteiger partial charge in [-0.15, -0.1) is 24.0 Å². The van der Waals surface area contributed by atoms with Crippen LogP contribution in [-0.4, -0.2) is 50.8 Å². The third-order valence-electron chi connectivity index (χ3n) is 4.50. The number of rotatable bonds is 10. The van der Waals surface area contributed by atoms with Crippen molar-refractivity contribution in [3.8, 4) is 0 Å². The van der Waals surface area contributed by atoms with Gasteiger partial charge in [-0.25, -0.2) is 4.99 Å². The first kappa shape index (κ1) is 22.5. The standard InChI is InChI=1S/C18H34N4O2.HI/c1-2-19-18(20-11-6-12-24-14-15-9-10-15)21-13-17(23)22-16-7-4-3-5-8-16;/h15-16H,2-14H2,1H3,(H,22,23)(H2,19,20,21);1H. The van der Waals surface area contributed by atoms with E-state index in [0.29, 0.717) is 12.0 Å². The molecule has 0 unspecified atom stereocenters. The number of hydrogen-bond donors (Lipinski definition) is 3. The fourth-order valence-electron chi connectivity index (χ4n) is 2.93. The van der Waals surface area contributed by atoms with E-state index in [9.17, 15) is 4.79 Å². The molecule has 6 nitrogen and oxygen atoms in total. The van der Waals surface area contributed by atoms with E-state index >= 15 is 0 Å². The number of aliphatic imine (C=N–C) groups is 1. The zero-order valence-corrected chi connectivity index (χ0v) is 17.8. The van der Waals surface area contributed by atoms with E-state index < -0.39 is 0 Å². The van der Waals surface area contributed by atoms with E-state index in [-0.39, 0.29) is 36.4 Å². The number of hydrogen-bond acceptors (Lipinski definition) is 3. The fraction of sp³-hybridized carbons (Fsp3) is 0.889. The third kappa shape index (κ3) is 10.9. The second kappa shape index (κ2) is 13.6. The van der Waals surface area contributed by atoms with E-state index in [1.807, 2.05) is 6.92 Å². The number of nitrogens with one attached hydrogen (secondary N) is 3. The van der Waals surface area contributed by atoms with Crippen molar-refractivity contribution in [2.45, 2.75) is 64.3 Å². The Bertz CT molecular complexity index is 397. The van der Waals surface area contributed by atoms with E-state index in [4.69, 9.17) is 4.74 Å². The van der Waals surface area contributed by atoms with Gasteiger partial charge >= 0.3 is 0 Å². The molecule has 146 valence electrons. The van der Waals surface area contributed by atoms with Crippen LogP contribution in [0.15, 0.2) is 4.99 Å². The van der Waals surface area contributed by atoms with Crippen LogP contribution in [0.5, 0.6) is 0 Å². The van der Waals surface area contributed by atoms with Gasteiger partial charge in [0.2, 0.25) is 5.91 Å². The van der Waals surface area contributed by atoms with Gasteiger partial charge in [-0.3, -0.25) is 4.79 Å². The summed E-state index contributed by atoms with van der Waals surface area (Å²) in [6.45, 7) is 5.50. The summed E-state index contributed by atoms with van der Waals surface area (Å²) in [4.78, 5) is 16.4. The summed E-state index contributed by atoms with van der Waals surface area (Å²) in [6, 6.07) is 0.348. The predicted molar refractivity (Wildman–Crippen MR) is 113 cm³/mol. The zero-order chi connectivity index (χ0) is 17.0. The molecule has 0 saturated heterocycles. The molecule has 2 saturated carbocycles. The van der Waals surface area contributed by atoms with Gasteiger partial charge in [-0.2, -0.15) is 0 Å². The monoisotopic (exact) mass is 466 g/mol. The summed E-state index contributed by atoms with van der Waals surface area (Å²) < 4.78 is 5.62. The minimum atomic E-state index is 0. The first-order valence-electron chi connectivity index (χ1n) is 9.67. The number of amides is 1. The number of carbonyl (C=O) groups is 1. The van der Waals surface area contributed by atoms with Crippen LogP contribution in [0.2, 0.25) is 0 Å². The molecule has 0 radical (unpaired) electrons. The number of carbonyl (C=O) groups excluding carboxylic acids is 1. The maximum absolute atomic E-state index is 12.0. The average molecular weight is 466 g/mol. The van der Waals surface area contributed by atoms with Gasteiger partial charge in [0, 0.05) is 32.3 Å². The molecule has 0 aliphatic heterocycles. The molecule has 0 spiro atoms. The van der Waals surface area contributed by atoms with Crippen molar-refractivity contribution < 1.29 is 9.53 Å². The molecular formula is C18H35IN4O2. The van der Waals surface area contributed by atoms with E-state index in [1.165, 1.54) is 32.1 Å². The van der Waals surface area contributed by atoms with E-state index in [2.05, 4.69) is 20.9 Å². The Kier molecular flexibility index (Phi) is 12.2. The van der Waals surface area contributed by atoms with Crippen LogP contribution >= 0.6 is 24.0 Å². The highest BCUT2D eigenvalue weighted by molar-refractivity contribution is 14.0. The highest BCUT2D eigenvalue weighted by Gasteiger charge is 2.20. The first-order chi connectivity index (χ1) is 11.8. The van der Waals surface area contributed by atoms with E-state index in [1.54, 1.807) is 0 Å². The van der Waals surface area contributed by atoms with Crippen molar-refractivity contribution in [2.24, 2.45) is 10.9 Å². The quantitative estimate of drug-likeness (QED) is 0.200. The van der Waals surface area contributed by atoms with Crippen molar-refractivity contribution in [1.29, 1.82) is 0 Å². The lowest BCUT2D eigenvalue weighted by atomic mass is 9.95. The lowest BCUT2D eigenvalue weighted by Gasteiger charge is -2.22. The number of nitrogens with zero attached hydrogens (tertiary/aromatic N) is 1. The first-order valence-corrected chi connectivity index (χ1v) is 9.67. The molecule has 0 aromatic rings. The zero-order valence-electron chi connectivity index (χ0n) is 15.5. The Morgan fingerprint density at radius 2 is 1.88 bits per heavy atom. The van der Waals surface area contributed by atoms with E-state index in [0.717, 1.165) is 51.5 Å². The van der Waals surface area contributed by atoms with Crippen molar-refractivity contribution in [2.75, 3.05) is 32.8 Å². The van der Waals surface area contributed by atoms with Gasteiger partial charge in [0.15, 0.2) is 5.96 Å². The molecule has 0 heterocycles. The average Bonchev–Trinajstić information content (AvgIpc) is 3.41. The SMILES string of the molecule is CCNC(=NCC(=O)NC1CCCCC1)NCCCOCC1CC1.I. The van der Waals surface area contributed by atoms with Gasteiger partial charge < -0.3 is 20.7 Å². The molecule has 2 rings (SSSR count). The summed E-state index contributed by atoms with van der Waals surface area (Å²) in [6.07, 6.45) is 9.57. The van der Waals surface area contributed by atoms with Gasteiger partial charge in [-0.1, -0.05) is 19.3 Å². The summed E-state index contributed by atoms with van der Waals surface area (Å²) >= 11 is 0. The molecule has 25 heavy (non-hydrogen) atoms. The minimum Gasteiger partial charge on any atom is -0.381 e. The second-order valence-electron chi connectivity index (χ2n) is 6.90. The summed E-state index contributed by atoms with van der Waals surface area (Å²) in [5, 5.41) is 9.54. The molecule has 7 heteroatoms. The van der Waals surface area contributed by atoms with Crippen LogP contribution in [0, 0.1) is 5.92 Å². The molecular weight excluding hydrogens is 431 g/mol. The molecule has 0 atom stereocenters. The Morgan fingerprint density at radius 3 is 2.56 bits per heavy atom. The highest BCUT2D eigenvalue weighted by atomic mass is 127. The lowest BCUT2D eigenvalue weighted by Crippen LogP contribution is -2.41. The molecule has 2 aliphatic carbocycles. The van der Waals surface area contributed by atoms with Crippen LogP contribution in [0.4, 0.5) is 0 Å². The molecule has 0 bridgehead atoms. The predicted octanol–water partition coefficient (Wildman–Crippen LogP) is 2.43. The van der Waals surface area contributed by atoms with Crippen LogP contribution in [-0.2, 0) is 9.53 Å². The molecule has 3 N–H and O–H groups in total. The Hall–Kier alpha value is -0.570. The number of guanidine groups is 1. The maximum atomic E-state index is 12.0. The largest absolute Gasteiger partial charge is 0.381 e. The van der Waals surface area contributed by atoms with Crippen molar-refractivity contribution >= 4 is 35.8 Å². The number of halogens is 1. The van der Waals surface area contributed by atoms with Crippen LogP contribution in [0.25, 0.3) is 0 Å². The van der Waals surface area contributed by atoms with Crippen LogP contribution < -0.4 is 16.0 Å². The van der Waals surface area contributed by atoms with Gasteiger partial charge in [0.1, 0.15) is 6.54 Å². The smallest absolute Gasteiger partial charge is 0.242 e. The highest BCUT2D eigenvalue weighted by Crippen LogP contribution is 2.28. The Balaban J connectivity index is 0.00000312. The van der Waals surface area contributed by atoms with Gasteiger partial charge in [0.25, 0.3) is 0 Å². The number of ether oxygens (including phenoxy) is 1. The minimum absolute atomic E-state index is 0. The molecule has 0 aromatic heterocycles. The summed E-state index contributed by atoms with van der Waals surface area (Å²) in [5.41, 5.74) is 0. The van der Waals surface area contributed by atoms with Crippen LogP contribution in [0.3, 0.4) is 0 Å². The summed E-state index contributed by atoms with van der Waals surface area (Å²) in [7, 11) is 0. The second-order valence-corrected chi connectivity index (χ2v) is 6.90. The molecule has 2 aliphatic rings. The Labute approximate surface area is 169 Å². The summed E-state index contributed by atoms with van der Waals surface area (Å²) in [5.74, 6) is 1.55. The fourth-order valence-corrected chi connectivity index (χ4v) is 2.93.